The summed E-state index contributed by atoms with van der Waals surface area (Å²) in [5.74, 6) is -0.984. The zero-order valence-corrected chi connectivity index (χ0v) is 12.9. The van der Waals surface area contributed by atoms with Crippen molar-refractivity contribution in [2.75, 3.05) is 0 Å². The normalized spacial score (nSPS) is 12.0. The maximum atomic E-state index is 13.8. The van der Waals surface area contributed by atoms with E-state index in [0.717, 1.165) is 0 Å². The maximum Gasteiger partial charge on any atom is 0.255 e. The Hall–Kier alpha value is -3.02. The molecule has 0 unspecified atom stereocenters. The standard InChI is InChI=1S/C18H15F2N3O/c1-23-11-10-21-17(23)16(12-6-8-13(19)9-7-12)22-18(24)14-4-2-3-5-15(14)20/h2-11,16H,1H3,(H,22,24)/t16-/m1/s1. The average molecular weight is 327 g/mol. The van der Waals surface area contributed by atoms with Crippen LogP contribution in [0.2, 0.25) is 0 Å². The molecule has 0 radical (unpaired) electrons. The van der Waals surface area contributed by atoms with E-state index < -0.39 is 17.8 Å². The summed E-state index contributed by atoms with van der Waals surface area (Å²) in [5, 5.41) is 2.77. The number of nitrogens with one attached hydrogen (secondary N) is 1. The second-order valence-corrected chi connectivity index (χ2v) is 5.33. The molecule has 1 heterocycles. The van der Waals surface area contributed by atoms with Crippen molar-refractivity contribution in [3.8, 4) is 0 Å². The summed E-state index contributed by atoms with van der Waals surface area (Å²) in [5.41, 5.74) is 0.592. The SMILES string of the molecule is Cn1ccnc1[C@H](NC(=O)c1ccccc1F)c1ccc(F)cc1. The Morgan fingerprint density at radius 1 is 1.12 bits per heavy atom. The van der Waals surface area contributed by atoms with Gasteiger partial charge in [0, 0.05) is 19.4 Å². The fourth-order valence-electron chi connectivity index (χ4n) is 2.46. The van der Waals surface area contributed by atoms with Gasteiger partial charge < -0.3 is 9.88 Å². The molecule has 1 atom stereocenters. The Morgan fingerprint density at radius 3 is 2.46 bits per heavy atom. The fourth-order valence-corrected chi connectivity index (χ4v) is 2.46. The number of aryl methyl sites for hydroxylation is 1. The molecule has 0 aliphatic rings. The largest absolute Gasteiger partial charge is 0.338 e. The highest BCUT2D eigenvalue weighted by Gasteiger charge is 2.22. The zero-order chi connectivity index (χ0) is 17.1. The van der Waals surface area contributed by atoms with Gasteiger partial charge in [0.05, 0.1) is 5.56 Å². The second-order valence-electron chi connectivity index (χ2n) is 5.33. The van der Waals surface area contributed by atoms with Crippen molar-refractivity contribution in [2.45, 2.75) is 6.04 Å². The minimum Gasteiger partial charge on any atom is -0.338 e. The first-order chi connectivity index (χ1) is 11.6. The van der Waals surface area contributed by atoms with Gasteiger partial charge in [-0.15, -0.1) is 0 Å². The number of amides is 1. The van der Waals surface area contributed by atoms with Crippen LogP contribution in [0.1, 0.15) is 27.8 Å². The van der Waals surface area contributed by atoms with Crippen LogP contribution in [0, 0.1) is 11.6 Å². The van der Waals surface area contributed by atoms with E-state index in [4.69, 9.17) is 0 Å². The fraction of sp³-hybridized carbons (Fsp3) is 0.111. The first-order valence-corrected chi connectivity index (χ1v) is 7.34. The predicted molar refractivity (Wildman–Crippen MR) is 85.3 cm³/mol. The van der Waals surface area contributed by atoms with E-state index in [0.29, 0.717) is 11.4 Å². The minimum absolute atomic E-state index is 0.0566. The van der Waals surface area contributed by atoms with E-state index in [-0.39, 0.29) is 11.4 Å². The van der Waals surface area contributed by atoms with E-state index in [1.807, 2.05) is 0 Å². The molecule has 0 aliphatic carbocycles. The van der Waals surface area contributed by atoms with Gasteiger partial charge in [0.1, 0.15) is 23.5 Å². The third-order valence-electron chi connectivity index (χ3n) is 3.71. The minimum atomic E-state index is -0.627. The van der Waals surface area contributed by atoms with Gasteiger partial charge in [-0.2, -0.15) is 0 Å². The lowest BCUT2D eigenvalue weighted by Crippen LogP contribution is -2.31. The quantitative estimate of drug-likeness (QED) is 0.800. The highest BCUT2D eigenvalue weighted by molar-refractivity contribution is 5.94. The maximum absolute atomic E-state index is 13.8. The van der Waals surface area contributed by atoms with E-state index in [9.17, 15) is 13.6 Å². The highest BCUT2D eigenvalue weighted by atomic mass is 19.1. The molecule has 3 rings (SSSR count). The van der Waals surface area contributed by atoms with E-state index >= 15 is 0 Å². The van der Waals surface area contributed by atoms with Crippen molar-refractivity contribution in [1.29, 1.82) is 0 Å². The van der Waals surface area contributed by atoms with Crippen LogP contribution < -0.4 is 5.32 Å². The van der Waals surface area contributed by atoms with Crippen LogP contribution in [0.15, 0.2) is 60.9 Å². The third-order valence-corrected chi connectivity index (χ3v) is 3.71. The van der Waals surface area contributed by atoms with Crippen molar-refractivity contribution >= 4 is 5.91 Å². The number of hydrogen-bond acceptors (Lipinski definition) is 2. The van der Waals surface area contributed by atoms with Crippen LogP contribution in [-0.2, 0) is 7.05 Å². The van der Waals surface area contributed by atoms with Crippen molar-refractivity contribution < 1.29 is 13.6 Å². The molecule has 24 heavy (non-hydrogen) atoms. The molecule has 0 fully saturated rings. The molecule has 122 valence electrons. The summed E-state index contributed by atoms with van der Waals surface area (Å²) in [4.78, 5) is 16.7. The topological polar surface area (TPSA) is 46.9 Å². The smallest absolute Gasteiger partial charge is 0.255 e. The molecule has 1 amide bonds. The Balaban J connectivity index is 1.97. The van der Waals surface area contributed by atoms with Crippen LogP contribution in [0.3, 0.4) is 0 Å². The zero-order valence-electron chi connectivity index (χ0n) is 12.9. The Labute approximate surface area is 137 Å². The van der Waals surface area contributed by atoms with Crippen molar-refractivity contribution in [3.63, 3.8) is 0 Å². The van der Waals surface area contributed by atoms with Gasteiger partial charge in [0.15, 0.2) is 0 Å². The molecule has 0 aliphatic heterocycles. The van der Waals surface area contributed by atoms with E-state index in [1.165, 1.54) is 30.3 Å². The first-order valence-electron chi connectivity index (χ1n) is 7.34. The molecule has 0 bridgehead atoms. The molecule has 2 aromatic carbocycles. The lowest BCUT2D eigenvalue weighted by molar-refractivity contribution is 0.0937. The van der Waals surface area contributed by atoms with Crippen LogP contribution >= 0.6 is 0 Å². The summed E-state index contributed by atoms with van der Waals surface area (Å²) in [6, 6.07) is 10.9. The number of benzene rings is 2. The number of carbonyl (C=O) groups excluding carboxylic acids is 1. The molecule has 1 aromatic heterocycles. The lowest BCUT2D eigenvalue weighted by atomic mass is 10.0. The van der Waals surface area contributed by atoms with Gasteiger partial charge in [-0.25, -0.2) is 13.8 Å². The number of carbonyl (C=O) groups is 1. The summed E-state index contributed by atoms with van der Waals surface area (Å²) in [6.45, 7) is 0. The van der Waals surface area contributed by atoms with Gasteiger partial charge in [-0.3, -0.25) is 4.79 Å². The molecule has 1 N–H and O–H groups in total. The van der Waals surface area contributed by atoms with Crippen molar-refractivity contribution in [1.82, 2.24) is 14.9 Å². The van der Waals surface area contributed by atoms with Gasteiger partial charge >= 0.3 is 0 Å². The molecular formula is C18H15F2N3O. The average Bonchev–Trinajstić information content (AvgIpc) is 2.99. The van der Waals surface area contributed by atoms with Gasteiger partial charge in [0.2, 0.25) is 0 Å². The number of rotatable bonds is 4. The van der Waals surface area contributed by atoms with E-state index in [1.54, 1.807) is 42.2 Å². The van der Waals surface area contributed by atoms with Crippen molar-refractivity contribution in [3.05, 3.63) is 89.5 Å². The summed E-state index contributed by atoms with van der Waals surface area (Å²) in [7, 11) is 1.79. The number of aromatic nitrogens is 2. The van der Waals surface area contributed by atoms with Crippen LogP contribution in [0.25, 0.3) is 0 Å². The summed E-state index contributed by atoms with van der Waals surface area (Å²) < 4.78 is 28.8. The molecule has 0 saturated carbocycles. The van der Waals surface area contributed by atoms with Crippen LogP contribution in [0.5, 0.6) is 0 Å². The van der Waals surface area contributed by atoms with Gasteiger partial charge in [0.25, 0.3) is 5.91 Å². The summed E-state index contributed by atoms with van der Waals surface area (Å²) >= 11 is 0. The summed E-state index contributed by atoms with van der Waals surface area (Å²) in [6.07, 6.45) is 3.34. The first kappa shape index (κ1) is 15.9. The number of imidazole rings is 1. The van der Waals surface area contributed by atoms with Gasteiger partial charge in [-0.1, -0.05) is 24.3 Å². The molecule has 0 spiro atoms. The molecule has 3 aromatic rings. The van der Waals surface area contributed by atoms with E-state index in [2.05, 4.69) is 10.3 Å². The van der Waals surface area contributed by atoms with Gasteiger partial charge in [-0.05, 0) is 29.8 Å². The third kappa shape index (κ3) is 3.17. The number of halogens is 2. The van der Waals surface area contributed by atoms with Crippen LogP contribution in [0.4, 0.5) is 8.78 Å². The Kier molecular flexibility index (Phi) is 4.37. The Morgan fingerprint density at radius 2 is 1.83 bits per heavy atom. The monoisotopic (exact) mass is 327 g/mol. The lowest BCUT2D eigenvalue weighted by Gasteiger charge is -2.19. The molecule has 6 heteroatoms. The van der Waals surface area contributed by atoms with Crippen LogP contribution in [-0.4, -0.2) is 15.5 Å². The number of hydrogen-bond donors (Lipinski definition) is 1. The molecular weight excluding hydrogens is 312 g/mol. The Bertz CT molecular complexity index is 859. The molecule has 0 saturated heterocycles. The number of nitrogens with zero attached hydrogens (tertiary/aromatic N) is 2. The highest BCUT2D eigenvalue weighted by Crippen LogP contribution is 2.22. The second kappa shape index (κ2) is 6.62. The molecule has 4 nitrogen and oxygen atoms in total. The predicted octanol–water partition coefficient (Wildman–Crippen LogP) is 3.22. The van der Waals surface area contributed by atoms with Crippen molar-refractivity contribution in [2.24, 2.45) is 7.05 Å².